The lowest BCUT2D eigenvalue weighted by Crippen LogP contribution is -2.40. The summed E-state index contributed by atoms with van der Waals surface area (Å²) in [4.78, 5) is 25.9. The summed E-state index contributed by atoms with van der Waals surface area (Å²) >= 11 is 1.66. The lowest BCUT2D eigenvalue weighted by molar-refractivity contribution is -0.133. The van der Waals surface area contributed by atoms with E-state index in [1.807, 2.05) is 11.4 Å². The molecule has 0 fully saturated rings. The Kier molecular flexibility index (Phi) is 6.71. The van der Waals surface area contributed by atoms with Crippen LogP contribution in [0, 0.1) is 5.92 Å². The second-order valence-electron chi connectivity index (χ2n) is 5.01. The van der Waals surface area contributed by atoms with Crippen LogP contribution >= 0.6 is 11.3 Å². The molecule has 112 valence electrons. The molecular weight excluding hydrogens is 272 g/mol. The smallest absolute Gasteiger partial charge is 0.240 e. The van der Waals surface area contributed by atoms with Crippen molar-refractivity contribution >= 4 is 23.2 Å². The molecule has 1 heterocycles. The molecule has 0 spiro atoms. The molecule has 0 radical (unpaired) electrons. The summed E-state index contributed by atoms with van der Waals surface area (Å²) in [7, 11) is 1.64. The van der Waals surface area contributed by atoms with Gasteiger partial charge in [-0.1, -0.05) is 32.8 Å². The van der Waals surface area contributed by atoms with Gasteiger partial charge in [0.25, 0.3) is 0 Å². The molecule has 0 saturated heterocycles. The Morgan fingerprint density at radius 2 is 2.00 bits per heavy atom. The fourth-order valence-corrected chi connectivity index (χ4v) is 3.06. The van der Waals surface area contributed by atoms with E-state index in [9.17, 15) is 9.59 Å². The number of carbonyl (C=O) groups excluding carboxylic acids is 2. The summed E-state index contributed by atoms with van der Waals surface area (Å²) < 4.78 is 0. The van der Waals surface area contributed by atoms with E-state index in [0.29, 0.717) is 5.92 Å². The highest BCUT2D eigenvalue weighted by molar-refractivity contribution is 7.10. The van der Waals surface area contributed by atoms with Gasteiger partial charge in [-0.25, -0.2) is 0 Å². The summed E-state index contributed by atoms with van der Waals surface area (Å²) in [5, 5.41) is 5.11. The molecule has 0 unspecified atom stereocenters. The standard InChI is InChI=1S/C15H24N2O2S/c1-5-12(6-2)15(13-8-7-9-20-13)16-14(19)10-17(4)11(3)18/h7-9,12,15H,5-6,10H2,1-4H3,(H,16,19)/t15-/m1/s1. The van der Waals surface area contributed by atoms with Crippen LogP contribution in [0.2, 0.25) is 0 Å². The maximum atomic E-state index is 12.1. The van der Waals surface area contributed by atoms with Crippen molar-refractivity contribution in [1.82, 2.24) is 10.2 Å². The SMILES string of the molecule is CCC(CC)[C@@H](NC(=O)CN(C)C(C)=O)c1cccs1. The van der Waals surface area contributed by atoms with Crippen LogP contribution in [0.1, 0.15) is 44.5 Å². The molecule has 0 saturated carbocycles. The van der Waals surface area contributed by atoms with Crippen molar-refractivity contribution in [3.63, 3.8) is 0 Å². The number of likely N-dealkylation sites (N-methyl/N-ethyl adjacent to an activating group) is 1. The van der Waals surface area contributed by atoms with Gasteiger partial charge in [-0.3, -0.25) is 9.59 Å². The maximum Gasteiger partial charge on any atom is 0.240 e. The van der Waals surface area contributed by atoms with Crippen molar-refractivity contribution in [3.05, 3.63) is 22.4 Å². The van der Waals surface area contributed by atoms with Crippen molar-refractivity contribution in [3.8, 4) is 0 Å². The van der Waals surface area contributed by atoms with E-state index >= 15 is 0 Å². The molecule has 0 bridgehead atoms. The summed E-state index contributed by atoms with van der Waals surface area (Å²) in [6.45, 7) is 5.85. The molecule has 0 aliphatic rings. The lowest BCUT2D eigenvalue weighted by Gasteiger charge is -2.26. The van der Waals surface area contributed by atoms with Gasteiger partial charge in [-0.2, -0.15) is 0 Å². The second-order valence-corrected chi connectivity index (χ2v) is 5.99. The summed E-state index contributed by atoms with van der Waals surface area (Å²) in [6, 6.07) is 4.10. The van der Waals surface area contributed by atoms with Crippen molar-refractivity contribution in [2.24, 2.45) is 5.92 Å². The zero-order valence-electron chi connectivity index (χ0n) is 12.7. The van der Waals surface area contributed by atoms with Gasteiger partial charge in [-0.05, 0) is 17.4 Å². The minimum atomic E-state index is -0.104. The van der Waals surface area contributed by atoms with E-state index in [4.69, 9.17) is 0 Å². The first-order valence-corrected chi connectivity index (χ1v) is 7.92. The molecular formula is C15H24N2O2S. The number of nitrogens with one attached hydrogen (secondary N) is 1. The number of thiophene rings is 1. The van der Waals surface area contributed by atoms with Gasteiger partial charge in [0.1, 0.15) is 0 Å². The van der Waals surface area contributed by atoms with Gasteiger partial charge in [-0.15, -0.1) is 11.3 Å². The molecule has 0 aromatic carbocycles. The summed E-state index contributed by atoms with van der Waals surface area (Å²) in [6.07, 6.45) is 2.03. The Labute approximate surface area is 125 Å². The van der Waals surface area contributed by atoms with Crippen LogP contribution in [0.15, 0.2) is 17.5 Å². The fourth-order valence-electron chi connectivity index (χ4n) is 2.20. The van der Waals surface area contributed by atoms with Crippen LogP contribution in [0.4, 0.5) is 0 Å². The average Bonchev–Trinajstić information content (AvgIpc) is 2.92. The number of rotatable bonds is 7. The predicted molar refractivity (Wildman–Crippen MR) is 82.6 cm³/mol. The molecule has 1 atom stereocenters. The minimum absolute atomic E-state index is 0.0397. The van der Waals surface area contributed by atoms with Crippen molar-refractivity contribution < 1.29 is 9.59 Å². The molecule has 2 amide bonds. The largest absolute Gasteiger partial charge is 0.347 e. The molecule has 0 aliphatic heterocycles. The third-order valence-corrected chi connectivity index (χ3v) is 4.56. The monoisotopic (exact) mass is 296 g/mol. The molecule has 20 heavy (non-hydrogen) atoms. The van der Waals surface area contributed by atoms with E-state index in [1.165, 1.54) is 16.7 Å². The number of carbonyl (C=O) groups is 2. The van der Waals surface area contributed by atoms with Gasteiger partial charge in [0.2, 0.25) is 11.8 Å². The van der Waals surface area contributed by atoms with E-state index in [-0.39, 0.29) is 24.4 Å². The Morgan fingerprint density at radius 3 is 2.45 bits per heavy atom. The molecule has 5 heteroatoms. The predicted octanol–water partition coefficient (Wildman–Crippen LogP) is 2.82. The van der Waals surface area contributed by atoms with Gasteiger partial charge < -0.3 is 10.2 Å². The molecule has 0 aliphatic carbocycles. The highest BCUT2D eigenvalue weighted by Crippen LogP contribution is 2.30. The zero-order valence-corrected chi connectivity index (χ0v) is 13.5. The first-order valence-electron chi connectivity index (χ1n) is 7.04. The van der Waals surface area contributed by atoms with Gasteiger partial charge in [0, 0.05) is 18.8 Å². The van der Waals surface area contributed by atoms with Crippen LogP contribution in [0.3, 0.4) is 0 Å². The highest BCUT2D eigenvalue weighted by atomic mass is 32.1. The van der Waals surface area contributed by atoms with E-state index in [1.54, 1.807) is 18.4 Å². The van der Waals surface area contributed by atoms with Crippen LogP contribution < -0.4 is 5.32 Å². The number of amides is 2. The van der Waals surface area contributed by atoms with Crippen LogP contribution in [0.5, 0.6) is 0 Å². The summed E-state index contributed by atoms with van der Waals surface area (Å²) in [5.41, 5.74) is 0. The number of nitrogens with zero attached hydrogens (tertiary/aromatic N) is 1. The normalized spacial score (nSPS) is 12.2. The molecule has 1 rings (SSSR count). The third kappa shape index (κ3) is 4.63. The van der Waals surface area contributed by atoms with E-state index < -0.39 is 0 Å². The second kappa shape index (κ2) is 8.04. The van der Waals surface area contributed by atoms with E-state index in [2.05, 4.69) is 25.2 Å². The average molecular weight is 296 g/mol. The quantitative estimate of drug-likeness (QED) is 0.841. The van der Waals surface area contributed by atoms with Crippen LogP contribution in [-0.2, 0) is 9.59 Å². The van der Waals surface area contributed by atoms with Gasteiger partial charge in [0.05, 0.1) is 12.6 Å². The first-order chi connectivity index (χ1) is 9.49. The van der Waals surface area contributed by atoms with Crippen molar-refractivity contribution in [2.45, 2.75) is 39.7 Å². The Bertz CT molecular complexity index is 427. The first kappa shape index (κ1) is 16.7. The van der Waals surface area contributed by atoms with Gasteiger partial charge in [0.15, 0.2) is 0 Å². The number of hydrogen-bond donors (Lipinski definition) is 1. The maximum absolute atomic E-state index is 12.1. The highest BCUT2D eigenvalue weighted by Gasteiger charge is 2.23. The lowest BCUT2D eigenvalue weighted by atomic mass is 9.93. The Balaban J connectivity index is 2.75. The number of hydrogen-bond acceptors (Lipinski definition) is 3. The molecule has 4 nitrogen and oxygen atoms in total. The van der Waals surface area contributed by atoms with Crippen molar-refractivity contribution in [2.75, 3.05) is 13.6 Å². The molecule has 1 aromatic rings. The minimum Gasteiger partial charge on any atom is -0.347 e. The topological polar surface area (TPSA) is 49.4 Å². The Morgan fingerprint density at radius 1 is 1.35 bits per heavy atom. The summed E-state index contributed by atoms with van der Waals surface area (Å²) in [5.74, 6) is 0.212. The zero-order chi connectivity index (χ0) is 15.1. The van der Waals surface area contributed by atoms with Crippen LogP contribution in [-0.4, -0.2) is 30.3 Å². The molecule has 1 aromatic heterocycles. The Hall–Kier alpha value is -1.36. The fraction of sp³-hybridized carbons (Fsp3) is 0.600. The van der Waals surface area contributed by atoms with Crippen LogP contribution in [0.25, 0.3) is 0 Å². The van der Waals surface area contributed by atoms with Crippen molar-refractivity contribution in [1.29, 1.82) is 0 Å². The molecule has 1 N–H and O–H groups in total. The third-order valence-electron chi connectivity index (χ3n) is 3.60. The van der Waals surface area contributed by atoms with Gasteiger partial charge >= 0.3 is 0 Å². The van der Waals surface area contributed by atoms with E-state index in [0.717, 1.165) is 12.8 Å².